The maximum Gasteiger partial charge on any atom is 0.351 e. The van der Waals surface area contributed by atoms with Crippen LogP contribution in [0.5, 0.6) is 0 Å². The number of nitrogens with zero attached hydrogens (tertiary/aromatic N) is 1. The van der Waals surface area contributed by atoms with E-state index in [1.165, 1.54) is 13.8 Å². The number of rotatable bonds is 0. The van der Waals surface area contributed by atoms with Crippen LogP contribution >= 0.6 is 31.9 Å². The van der Waals surface area contributed by atoms with Gasteiger partial charge in [-0.15, -0.1) is 0 Å². The summed E-state index contributed by atoms with van der Waals surface area (Å²) in [5.41, 5.74) is 0.232. The van der Waals surface area contributed by atoms with Gasteiger partial charge >= 0.3 is 11.9 Å². The molecule has 0 amide bonds. The second-order valence-corrected chi connectivity index (χ2v) is 7.21. The molecule has 2 aliphatic rings. The van der Waals surface area contributed by atoms with E-state index in [2.05, 4.69) is 37.2 Å². The van der Waals surface area contributed by atoms with Crippen molar-refractivity contribution in [3.8, 4) is 0 Å². The Morgan fingerprint density at radius 3 is 2.24 bits per heavy atom. The van der Waals surface area contributed by atoms with Crippen LogP contribution in [0.3, 0.4) is 0 Å². The van der Waals surface area contributed by atoms with Crippen molar-refractivity contribution in [3.63, 3.8) is 0 Å². The van der Waals surface area contributed by atoms with Crippen LogP contribution in [-0.2, 0) is 19.1 Å². The molecule has 132 valence electrons. The molecule has 0 radical (unpaired) electrons. The van der Waals surface area contributed by atoms with Crippen LogP contribution in [0, 0.1) is 0 Å². The molecule has 0 atom stereocenters. The van der Waals surface area contributed by atoms with Crippen molar-refractivity contribution in [2.75, 3.05) is 0 Å². The van der Waals surface area contributed by atoms with Gasteiger partial charge in [-0.25, -0.2) is 9.59 Å². The molecule has 0 spiro atoms. The van der Waals surface area contributed by atoms with Gasteiger partial charge in [-0.05, 0) is 50.1 Å². The monoisotopic (exact) mass is 473 g/mol. The predicted molar refractivity (Wildman–Crippen MR) is 94.1 cm³/mol. The van der Waals surface area contributed by atoms with Gasteiger partial charge in [-0.1, -0.05) is 0 Å². The maximum absolute atomic E-state index is 11.7. The van der Waals surface area contributed by atoms with Crippen LogP contribution in [0.4, 0.5) is 0 Å². The van der Waals surface area contributed by atoms with Gasteiger partial charge in [0.2, 0.25) is 12.4 Å². The lowest BCUT2D eigenvalue weighted by atomic mass is 10.1. The molecule has 0 aromatic carbocycles. The number of halogens is 2. The first-order chi connectivity index (χ1) is 11.7. The third kappa shape index (κ3) is 5.43. The van der Waals surface area contributed by atoms with E-state index < -0.39 is 17.7 Å². The summed E-state index contributed by atoms with van der Waals surface area (Å²) in [6.07, 6.45) is 8.02. The van der Waals surface area contributed by atoms with Crippen molar-refractivity contribution in [1.29, 1.82) is 0 Å². The highest BCUT2D eigenvalue weighted by molar-refractivity contribution is 9.12. The third-order valence-electron chi connectivity index (χ3n) is 2.88. The molecule has 0 bridgehead atoms. The Balaban J connectivity index is 0.000000236. The number of pyridine rings is 1. The molecule has 0 unspecified atom stereocenters. The van der Waals surface area contributed by atoms with Crippen molar-refractivity contribution in [2.24, 2.45) is 0 Å². The van der Waals surface area contributed by atoms with Crippen LogP contribution in [0.1, 0.15) is 13.8 Å². The van der Waals surface area contributed by atoms with E-state index in [0.717, 1.165) is 13.7 Å². The minimum Gasteiger partial charge on any atom is -0.419 e. The molecule has 2 aliphatic heterocycles. The Morgan fingerprint density at radius 2 is 1.80 bits per heavy atom. The highest BCUT2D eigenvalue weighted by Gasteiger charge is 2.40. The van der Waals surface area contributed by atoms with Crippen LogP contribution < -0.4 is 10.0 Å². The number of esters is 2. The van der Waals surface area contributed by atoms with Gasteiger partial charge in [0.15, 0.2) is 5.57 Å². The second kappa shape index (κ2) is 7.83. The zero-order chi connectivity index (χ0) is 18.6. The fraction of sp³-hybridized carbons (Fsp3) is 0.188. The zero-order valence-electron chi connectivity index (χ0n) is 13.3. The highest BCUT2D eigenvalue weighted by atomic mass is 79.9. The largest absolute Gasteiger partial charge is 0.419 e. The number of allylic oxidation sites excluding steroid dienone is 3. The van der Waals surface area contributed by atoms with Gasteiger partial charge in [0.05, 0.1) is 10.2 Å². The predicted octanol–water partition coefficient (Wildman–Crippen LogP) is 2.45. The molecule has 1 saturated heterocycles. The minimum atomic E-state index is -1.22. The summed E-state index contributed by atoms with van der Waals surface area (Å²) in [5, 5.41) is 11.5. The molecular weight excluding hydrogens is 460 g/mol. The van der Waals surface area contributed by atoms with Crippen molar-refractivity contribution >= 4 is 43.8 Å². The number of ether oxygens (including phenoxy) is 2. The van der Waals surface area contributed by atoms with E-state index in [1.54, 1.807) is 36.8 Å². The van der Waals surface area contributed by atoms with Crippen molar-refractivity contribution in [3.05, 3.63) is 63.1 Å². The van der Waals surface area contributed by atoms with Crippen molar-refractivity contribution < 1.29 is 29.0 Å². The Morgan fingerprint density at radius 1 is 1.16 bits per heavy atom. The summed E-state index contributed by atoms with van der Waals surface area (Å²) in [6, 6.07) is 3.58. The first-order valence-electron chi connectivity index (χ1n) is 7.05. The molecule has 1 aromatic rings. The van der Waals surface area contributed by atoms with E-state index in [4.69, 9.17) is 14.7 Å². The normalized spacial score (nSPS) is 18.3. The zero-order valence-corrected chi connectivity index (χ0v) is 16.5. The molecule has 2 N–H and O–H groups in total. The maximum atomic E-state index is 11.7. The first kappa shape index (κ1) is 19.2. The van der Waals surface area contributed by atoms with Gasteiger partial charge in [0.25, 0.3) is 5.79 Å². The Labute approximate surface area is 160 Å². The van der Waals surface area contributed by atoms with Crippen LogP contribution in [0.15, 0.2) is 63.1 Å². The molecule has 0 saturated carbocycles. The average Bonchev–Trinajstić information content (AvgIpc) is 2.47. The third-order valence-corrected chi connectivity index (χ3v) is 3.84. The van der Waals surface area contributed by atoms with Crippen molar-refractivity contribution in [1.82, 2.24) is 5.32 Å². The molecule has 3 heterocycles. The van der Waals surface area contributed by atoms with E-state index in [0.29, 0.717) is 5.70 Å². The number of hydrogen-bond acceptors (Lipinski definition) is 6. The van der Waals surface area contributed by atoms with E-state index in [1.807, 2.05) is 6.07 Å². The van der Waals surface area contributed by atoms with Gasteiger partial charge in [-0.3, -0.25) is 5.21 Å². The smallest absolute Gasteiger partial charge is 0.351 e. The fourth-order valence-electron chi connectivity index (χ4n) is 1.87. The fourth-order valence-corrected chi connectivity index (χ4v) is 2.48. The van der Waals surface area contributed by atoms with E-state index in [9.17, 15) is 9.59 Å². The summed E-state index contributed by atoms with van der Waals surface area (Å²) in [7, 11) is 0. The molecular formula is C16H15Br2N2O5+. The minimum absolute atomic E-state index is 0.128. The lowest BCUT2D eigenvalue weighted by Gasteiger charge is -2.30. The molecule has 7 nitrogen and oxygen atoms in total. The summed E-state index contributed by atoms with van der Waals surface area (Å²) >= 11 is 6.43. The Bertz CT molecular complexity index is 760. The number of nitrogens with one attached hydrogen (secondary N) is 1. The lowest BCUT2D eigenvalue weighted by Crippen LogP contribution is -2.43. The Hall–Kier alpha value is -2.13. The number of carbonyl (C=O) groups excluding carboxylic acids is 2. The molecule has 9 heteroatoms. The SMILES string of the molecule is CC1(C)OC(=O)C(=C2C=CC(Br)=CN2)C(=O)O1.O[n+]1cccc(Br)c1. The van der Waals surface area contributed by atoms with Crippen molar-refractivity contribution in [2.45, 2.75) is 19.6 Å². The number of hydrogen-bond donors (Lipinski definition) is 2. The summed E-state index contributed by atoms with van der Waals surface area (Å²) in [5.74, 6) is -2.60. The van der Waals surface area contributed by atoms with E-state index >= 15 is 0 Å². The summed E-state index contributed by atoms with van der Waals surface area (Å²) < 4.78 is 12.6. The van der Waals surface area contributed by atoms with E-state index in [-0.39, 0.29) is 5.57 Å². The molecule has 0 aliphatic carbocycles. The first-order valence-corrected chi connectivity index (χ1v) is 8.64. The van der Waals surface area contributed by atoms with Gasteiger partial charge in [0, 0.05) is 35.3 Å². The molecule has 25 heavy (non-hydrogen) atoms. The number of carbonyl (C=O) groups is 2. The number of aromatic nitrogens is 1. The Kier molecular flexibility index (Phi) is 6.02. The van der Waals surface area contributed by atoms with Gasteiger partial charge < -0.3 is 14.8 Å². The summed E-state index contributed by atoms with van der Waals surface area (Å²) in [4.78, 5) is 23.4. The van der Waals surface area contributed by atoms with Gasteiger partial charge in [0.1, 0.15) is 0 Å². The lowest BCUT2D eigenvalue weighted by molar-refractivity contribution is -0.905. The van der Waals surface area contributed by atoms with Crippen LogP contribution in [-0.4, -0.2) is 22.9 Å². The second-order valence-electron chi connectivity index (χ2n) is 5.38. The molecule has 1 fully saturated rings. The average molecular weight is 475 g/mol. The number of dihydropyridines is 1. The standard InChI is InChI=1S/C11H10BrNO4.C5H5BrNO/c1-11(2)16-9(14)8(10(15)17-11)7-4-3-6(12)5-13-7;6-5-2-1-3-7(8)4-5/h3-5,13H,1-2H3;1-4,8H/q;+1. The van der Waals surface area contributed by atoms with Gasteiger partial charge in [-0.2, -0.15) is 0 Å². The van der Waals surface area contributed by atoms with Crippen LogP contribution in [0.2, 0.25) is 0 Å². The topological polar surface area (TPSA) is 88.7 Å². The molecule has 1 aromatic heterocycles. The van der Waals surface area contributed by atoms with Crippen LogP contribution in [0.25, 0.3) is 0 Å². The molecule has 3 rings (SSSR count). The summed E-state index contributed by atoms with van der Waals surface area (Å²) in [6.45, 7) is 3.01. The highest BCUT2D eigenvalue weighted by Crippen LogP contribution is 2.25. The quantitative estimate of drug-likeness (QED) is 0.197. The number of cyclic esters (lactones) is 2.